The van der Waals surface area contributed by atoms with Gasteiger partial charge in [0, 0.05) is 23.2 Å². The Bertz CT molecular complexity index is 1070. The zero-order chi connectivity index (χ0) is 21.3. The second-order valence-electron chi connectivity index (χ2n) is 6.30. The lowest BCUT2D eigenvalue weighted by atomic mass is 10.2. The number of nitrogens with two attached hydrogens (primary N) is 1. The molecule has 3 aromatic rings. The number of aromatic nitrogens is 2. The number of unbranched alkanes of at least 4 members (excludes halogenated alkanes) is 1. The second kappa shape index (κ2) is 10.4. The summed E-state index contributed by atoms with van der Waals surface area (Å²) in [5, 5.41) is 15.5. The highest BCUT2D eigenvalue weighted by atomic mass is 32.2. The topological polar surface area (TPSA) is 116 Å². The minimum atomic E-state index is -0.443. The predicted molar refractivity (Wildman–Crippen MR) is 119 cm³/mol. The minimum Gasteiger partial charge on any atom is -0.494 e. The normalized spacial score (nSPS) is 10.5. The molecule has 3 rings (SSSR count). The Kier molecular flexibility index (Phi) is 7.43. The van der Waals surface area contributed by atoms with E-state index in [0.717, 1.165) is 24.3 Å². The maximum atomic E-state index is 11.2. The van der Waals surface area contributed by atoms with Crippen molar-refractivity contribution < 1.29 is 9.66 Å². The molecule has 2 aromatic carbocycles. The van der Waals surface area contributed by atoms with Gasteiger partial charge in [0.2, 0.25) is 0 Å². The van der Waals surface area contributed by atoms with E-state index in [0.29, 0.717) is 40.8 Å². The summed E-state index contributed by atoms with van der Waals surface area (Å²) in [5.74, 6) is 4.19. The summed E-state index contributed by atoms with van der Waals surface area (Å²) >= 11 is 1.32. The van der Waals surface area contributed by atoms with Gasteiger partial charge < -0.3 is 15.8 Å². The lowest BCUT2D eigenvalue weighted by Crippen LogP contribution is -2.03. The standard InChI is InChI=1S/C21H21N5O3S/c1-2-13-30-21-24-19-10-7-16(26(27)28)14-18(19)20(25-21)23-15-5-8-17(9-6-15)29-12-4-3-11-22/h1,5-10,14H,3-4,11-13,22H2,(H,23,24,25). The van der Waals surface area contributed by atoms with E-state index in [4.69, 9.17) is 16.9 Å². The smallest absolute Gasteiger partial charge is 0.270 e. The lowest BCUT2D eigenvalue weighted by molar-refractivity contribution is -0.384. The number of terminal acetylenes is 1. The van der Waals surface area contributed by atoms with Crippen LogP contribution >= 0.6 is 11.8 Å². The highest BCUT2D eigenvalue weighted by molar-refractivity contribution is 7.99. The van der Waals surface area contributed by atoms with Crippen molar-refractivity contribution in [3.63, 3.8) is 0 Å². The van der Waals surface area contributed by atoms with Crippen LogP contribution in [0.1, 0.15) is 12.8 Å². The number of nitrogens with one attached hydrogen (secondary N) is 1. The summed E-state index contributed by atoms with van der Waals surface area (Å²) in [4.78, 5) is 19.7. The van der Waals surface area contributed by atoms with E-state index in [1.54, 1.807) is 6.07 Å². The quantitative estimate of drug-likeness (QED) is 0.125. The first-order valence-corrected chi connectivity index (χ1v) is 10.3. The fourth-order valence-electron chi connectivity index (χ4n) is 2.68. The Hall–Kier alpha value is -3.35. The summed E-state index contributed by atoms with van der Waals surface area (Å²) < 4.78 is 5.68. The molecule has 1 aromatic heterocycles. The van der Waals surface area contributed by atoms with E-state index in [1.807, 2.05) is 24.3 Å². The van der Waals surface area contributed by atoms with Crippen LogP contribution < -0.4 is 15.8 Å². The Morgan fingerprint density at radius 2 is 2.00 bits per heavy atom. The van der Waals surface area contributed by atoms with Crippen molar-refractivity contribution in [2.75, 3.05) is 24.2 Å². The van der Waals surface area contributed by atoms with Crippen LogP contribution in [-0.4, -0.2) is 33.8 Å². The number of fused-ring (bicyclic) bond motifs is 1. The molecule has 0 spiro atoms. The molecule has 0 aliphatic rings. The van der Waals surface area contributed by atoms with Crippen LogP contribution in [0.25, 0.3) is 10.9 Å². The SMILES string of the molecule is C#CCSc1nc(Nc2ccc(OCCCCN)cc2)c2cc([N+](=O)[O-])ccc2n1. The third-order valence-electron chi connectivity index (χ3n) is 4.14. The molecule has 154 valence electrons. The maximum absolute atomic E-state index is 11.2. The molecule has 1 heterocycles. The summed E-state index contributed by atoms with van der Waals surface area (Å²) in [6.07, 6.45) is 7.16. The highest BCUT2D eigenvalue weighted by Gasteiger charge is 2.13. The summed E-state index contributed by atoms with van der Waals surface area (Å²) in [6, 6.07) is 11.9. The molecule has 0 atom stereocenters. The van der Waals surface area contributed by atoms with Gasteiger partial charge in [0.05, 0.1) is 22.8 Å². The molecular formula is C21H21N5O3S. The molecule has 0 saturated carbocycles. The third-order valence-corrected chi connectivity index (χ3v) is 4.89. The number of benzene rings is 2. The van der Waals surface area contributed by atoms with Crippen LogP contribution in [0.4, 0.5) is 17.2 Å². The molecule has 3 N–H and O–H groups in total. The first-order valence-electron chi connectivity index (χ1n) is 9.33. The van der Waals surface area contributed by atoms with E-state index < -0.39 is 4.92 Å². The van der Waals surface area contributed by atoms with Crippen LogP contribution in [0.15, 0.2) is 47.6 Å². The molecule has 0 radical (unpaired) electrons. The fraction of sp³-hybridized carbons (Fsp3) is 0.238. The molecule has 0 unspecified atom stereocenters. The van der Waals surface area contributed by atoms with Crippen LogP contribution in [0, 0.1) is 22.5 Å². The Labute approximate surface area is 178 Å². The van der Waals surface area contributed by atoms with Crippen molar-refractivity contribution in [1.29, 1.82) is 0 Å². The molecule has 0 amide bonds. The average Bonchev–Trinajstić information content (AvgIpc) is 2.76. The number of anilines is 2. The van der Waals surface area contributed by atoms with E-state index >= 15 is 0 Å². The molecule has 0 aliphatic carbocycles. The molecule has 8 nitrogen and oxygen atoms in total. The molecule has 0 aliphatic heterocycles. The van der Waals surface area contributed by atoms with Gasteiger partial charge in [-0.15, -0.1) is 6.42 Å². The van der Waals surface area contributed by atoms with Gasteiger partial charge in [0.25, 0.3) is 5.69 Å². The largest absolute Gasteiger partial charge is 0.494 e. The Morgan fingerprint density at radius 3 is 2.70 bits per heavy atom. The van der Waals surface area contributed by atoms with E-state index in [9.17, 15) is 10.1 Å². The van der Waals surface area contributed by atoms with Gasteiger partial charge in [0.15, 0.2) is 5.16 Å². The first kappa shape index (κ1) is 21.4. The number of ether oxygens (including phenoxy) is 1. The van der Waals surface area contributed by atoms with Crippen molar-refractivity contribution in [1.82, 2.24) is 9.97 Å². The number of nitrogens with zero attached hydrogens (tertiary/aromatic N) is 3. The van der Waals surface area contributed by atoms with Crippen LogP contribution in [0.3, 0.4) is 0 Å². The fourth-order valence-corrected chi connectivity index (χ4v) is 3.21. The molecule has 9 heteroatoms. The van der Waals surface area contributed by atoms with Crippen LogP contribution in [-0.2, 0) is 0 Å². The summed E-state index contributed by atoms with van der Waals surface area (Å²) in [6.45, 7) is 1.26. The Morgan fingerprint density at radius 1 is 1.20 bits per heavy atom. The Balaban J connectivity index is 1.86. The van der Waals surface area contributed by atoms with Gasteiger partial charge in [-0.2, -0.15) is 0 Å². The van der Waals surface area contributed by atoms with Gasteiger partial charge >= 0.3 is 0 Å². The molecule has 30 heavy (non-hydrogen) atoms. The minimum absolute atomic E-state index is 0.0283. The number of hydrogen-bond acceptors (Lipinski definition) is 8. The van der Waals surface area contributed by atoms with Crippen molar-refractivity contribution >= 4 is 39.9 Å². The van der Waals surface area contributed by atoms with Gasteiger partial charge in [-0.05, 0) is 49.7 Å². The molecular weight excluding hydrogens is 402 g/mol. The van der Waals surface area contributed by atoms with Crippen molar-refractivity contribution in [3.8, 4) is 18.1 Å². The lowest BCUT2D eigenvalue weighted by Gasteiger charge is -2.11. The summed E-state index contributed by atoms with van der Waals surface area (Å²) in [5.41, 5.74) is 6.82. The zero-order valence-corrected chi connectivity index (χ0v) is 17.0. The second-order valence-corrected chi connectivity index (χ2v) is 7.24. The van der Waals surface area contributed by atoms with Gasteiger partial charge in [-0.1, -0.05) is 17.7 Å². The van der Waals surface area contributed by atoms with Crippen LogP contribution in [0.2, 0.25) is 0 Å². The zero-order valence-electron chi connectivity index (χ0n) is 16.2. The van der Waals surface area contributed by atoms with Gasteiger partial charge in [-0.3, -0.25) is 10.1 Å². The predicted octanol–water partition coefficient (Wildman–Crippen LogP) is 4.12. The number of thioether (sulfide) groups is 1. The summed E-state index contributed by atoms with van der Waals surface area (Å²) in [7, 11) is 0. The number of hydrogen-bond donors (Lipinski definition) is 2. The number of non-ortho nitro benzene ring substituents is 1. The van der Waals surface area contributed by atoms with Crippen molar-refractivity contribution in [2.24, 2.45) is 5.73 Å². The number of nitro groups is 1. The number of rotatable bonds is 10. The van der Waals surface area contributed by atoms with Crippen molar-refractivity contribution in [3.05, 3.63) is 52.6 Å². The van der Waals surface area contributed by atoms with E-state index in [-0.39, 0.29) is 5.69 Å². The highest BCUT2D eigenvalue weighted by Crippen LogP contribution is 2.30. The van der Waals surface area contributed by atoms with Gasteiger partial charge in [0.1, 0.15) is 11.6 Å². The molecule has 0 saturated heterocycles. The monoisotopic (exact) mass is 423 g/mol. The third kappa shape index (κ3) is 5.59. The van der Waals surface area contributed by atoms with Gasteiger partial charge in [-0.25, -0.2) is 9.97 Å². The number of nitro benzene ring substituents is 1. The van der Waals surface area contributed by atoms with E-state index in [1.165, 1.54) is 23.9 Å². The van der Waals surface area contributed by atoms with Crippen LogP contribution in [0.5, 0.6) is 5.75 Å². The first-order chi connectivity index (χ1) is 14.6. The maximum Gasteiger partial charge on any atom is 0.270 e. The molecule has 0 fully saturated rings. The van der Waals surface area contributed by atoms with E-state index in [2.05, 4.69) is 21.2 Å². The van der Waals surface area contributed by atoms with Crippen molar-refractivity contribution in [2.45, 2.75) is 18.0 Å². The average molecular weight is 423 g/mol. The molecule has 0 bridgehead atoms.